The molecule has 13 aromatic rings. The summed E-state index contributed by atoms with van der Waals surface area (Å²) in [4.78, 5) is 4.58. The lowest BCUT2D eigenvalue weighted by Crippen LogP contribution is -1.97. The minimum absolute atomic E-state index is 1.17. The first kappa shape index (κ1) is 36.8. The lowest BCUT2D eigenvalue weighted by molar-refractivity contribution is 1.37. The van der Waals surface area contributed by atoms with Gasteiger partial charge in [0.2, 0.25) is 0 Å². The van der Waals surface area contributed by atoms with Crippen molar-refractivity contribution in [3.8, 4) is 77.9 Å². The minimum Gasteiger partial charge on any atom is -0.264 e. The third-order valence-electron chi connectivity index (χ3n) is 14.3. The molecule has 1 aromatic heterocycles. The Bertz CT molecular complexity index is 3920. The highest BCUT2D eigenvalue weighted by Crippen LogP contribution is 2.49. The molecule has 1 aliphatic rings. The second-order valence-corrected chi connectivity index (χ2v) is 17.8. The Kier molecular flexibility index (Phi) is 8.05. The van der Waals surface area contributed by atoms with E-state index in [1.54, 1.807) is 0 Å². The first-order chi connectivity index (χ1) is 32.7. The number of fused-ring (bicyclic) bond motifs is 20. The largest absolute Gasteiger partial charge is 0.264 e. The number of nitrogens with zero attached hydrogens (tertiary/aromatic N) is 1. The van der Waals surface area contributed by atoms with E-state index in [-0.39, 0.29) is 0 Å². The molecule has 0 atom stereocenters. The number of rotatable bonds is 3. The van der Waals surface area contributed by atoms with E-state index in [4.69, 9.17) is 0 Å². The summed E-state index contributed by atoms with van der Waals surface area (Å²) < 4.78 is 0. The lowest BCUT2D eigenvalue weighted by Gasteiger charge is -2.23. The summed E-state index contributed by atoms with van der Waals surface area (Å²) in [6.07, 6.45) is 3.94. The van der Waals surface area contributed by atoms with Crippen molar-refractivity contribution >= 4 is 64.6 Å². The van der Waals surface area contributed by atoms with E-state index in [1.165, 1.54) is 143 Å². The van der Waals surface area contributed by atoms with Gasteiger partial charge in [-0.25, -0.2) is 0 Å². The van der Waals surface area contributed by atoms with Crippen LogP contribution in [0.15, 0.2) is 237 Å². The van der Waals surface area contributed by atoms with Gasteiger partial charge in [-0.2, -0.15) is 0 Å². The summed E-state index contributed by atoms with van der Waals surface area (Å²) in [6, 6.07) is 83.7. The molecule has 1 aliphatic carbocycles. The van der Waals surface area contributed by atoms with Gasteiger partial charge >= 0.3 is 0 Å². The van der Waals surface area contributed by atoms with Crippen LogP contribution in [-0.4, -0.2) is 4.98 Å². The van der Waals surface area contributed by atoms with Crippen LogP contribution in [-0.2, 0) is 0 Å². The zero-order valence-electron chi connectivity index (χ0n) is 36.0. The predicted octanol–water partition coefficient (Wildman–Crippen LogP) is 18.0. The first-order valence-corrected chi connectivity index (χ1v) is 22.8. The van der Waals surface area contributed by atoms with Crippen LogP contribution < -0.4 is 0 Å². The van der Waals surface area contributed by atoms with Crippen molar-refractivity contribution in [1.82, 2.24) is 4.98 Å². The van der Waals surface area contributed by atoms with Crippen molar-refractivity contribution in [3.05, 3.63) is 237 Å². The average Bonchev–Trinajstić information content (AvgIpc) is 3.40. The van der Waals surface area contributed by atoms with E-state index in [1.807, 2.05) is 12.4 Å². The van der Waals surface area contributed by atoms with Crippen molar-refractivity contribution in [2.24, 2.45) is 0 Å². The van der Waals surface area contributed by atoms with Gasteiger partial charge in [0.05, 0.1) is 0 Å². The van der Waals surface area contributed by atoms with Gasteiger partial charge < -0.3 is 0 Å². The fourth-order valence-corrected chi connectivity index (χ4v) is 11.2. The molecule has 0 radical (unpaired) electrons. The summed E-state index contributed by atoms with van der Waals surface area (Å²) >= 11 is 0. The number of benzene rings is 12. The number of hydrogen-bond acceptors (Lipinski definition) is 1. The molecule has 1 heterocycles. The quantitative estimate of drug-likeness (QED) is 0.162. The van der Waals surface area contributed by atoms with Gasteiger partial charge in [-0.1, -0.05) is 182 Å². The fraction of sp³-hybridized carbons (Fsp3) is 0. The summed E-state index contributed by atoms with van der Waals surface area (Å²) in [5.74, 6) is 0. The van der Waals surface area contributed by atoms with Crippen LogP contribution in [0.5, 0.6) is 0 Å². The normalized spacial score (nSPS) is 11.9. The highest BCUT2D eigenvalue weighted by atomic mass is 14.6. The van der Waals surface area contributed by atoms with Crippen LogP contribution in [0.2, 0.25) is 0 Å². The highest BCUT2D eigenvalue weighted by Gasteiger charge is 2.23. The molecule has 0 aliphatic heterocycles. The van der Waals surface area contributed by atoms with Crippen molar-refractivity contribution in [1.29, 1.82) is 0 Å². The molecule has 0 fully saturated rings. The van der Waals surface area contributed by atoms with Gasteiger partial charge in [-0.05, 0) is 180 Å². The van der Waals surface area contributed by atoms with Gasteiger partial charge in [0.1, 0.15) is 0 Å². The van der Waals surface area contributed by atoms with Crippen LogP contribution in [0.1, 0.15) is 0 Å². The fourth-order valence-electron chi connectivity index (χ4n) is 11.2. The van der Waals surface area contributed by atoms with Crippen LogP contribution in [0.3, 0.4) is 0 Å². The molecule has 304 valence electrons. The van der Waals surface area contributed by atoms with Gasteiger partial charge in [-0.3, -0.25) is 4.98 Å². The summed E-state index contributed by atoms with van der Waals surface area (Å²) in [6.45, 7) is 0. The minimum atomic E-state index is 1.17. The van der Waals surface area contributed by atoms with Crippen LogP contribution in [0.25, 0.3) is 143 Å². The Balaban J connectivity index is 1.03. The molecular formula is C65H39N. The van der Waals surface area contributed by atoms with E-state index in [9.17, 15) is 0 Å². The third kappa shape index (κ3) is 5.57. The van der Waals surface area contributed by atoms with Gasteiger partial charge in [0, 0.05) is 17.8 Å². The summed E-state index contributed by atoms with van der Waals surface area (Å²) in [7, 11) is 0. The van der Waals surface area contributed by atoms with Crippen molar-refractivity contribution in [3.63, 3.8) is 0 Å². The Morgan fingerprint density at radius 1 is 0.182 bits per heavy atom. The van der Waals surface area contributed by atoms with Crippen LogP contribution >= 0.6 is 0 Å². The smallest absolute Gasteiger partial charge is 0.0352 e. The van der Waals surface area contributed by atoms with Gasteiger partial charge in [0.15, 0.2) is 0 Å². The maximum absolute atomic E-state index is 4.58. The molecule has 1 nitrogen and oxygen atoms in total. The summed E-state index contributed by atoms with van der Waals surface area (Å²) in [5, 5.41) is 15.0. The number of hydrogen-bond donors (Lipinski definition) is 0. The number of pyridine rings is 1. The second kappa shape index (κ2) is 14.4. The molecule has 1 heteroatoms. The van der Waals surface area contributed by atoms with Gasteiger partial charge in [-0.15, -0.1) is 0 Å². The molecule has 0 saturated carbocycles. The molecule has 12 aromatic carbocycles. The van der Waals surface area contributed by atoms with Gasteiger partial charge in [0.25, 0.3) is 0 Å². The average molecular weight is 834 g/mol. The second-order valence-electron chi connectivity index (χ2n) is 17.8. The zero-order chi connectivity index (χ0) is 43.3. The Morgan fingerprint density at radius 3 is 0.924 bits per heavy atom. The summed E-state index contributed by atoms with van der Waals surface area (Å²) in [5.41, 5.74) is 17.1. The Hall–Kier alpha value is -8.65. The topological polar surface area (TPSA) is 12.9 Å². The van der Waals surface area contributed by atoms with Crippen LogP contribution in [0.4, 0.5) is 0 Å². The predicted molar refractivity (Wildman–Crippen MR) is 281 cm³/mol. The zero-order valence-corrected chi connectivity index (χ0v) is 36.0. The van der Waals surface area contributed by atoms with E-state index in [2.05, 4.69) is 229 Å². The number of aromatic nitrogens is 1. The van der Waals surface area contributed by atoms with Crippen molar-refractivity contribution in [2.45, 2.75) is 0 Å². The third-order valence-corrected chi connectivity index (χ3v) is 14.3. The molecule has 0 saturated heterocycles. The van der Waals surface area contributed by atoms with E-state index in [0.717, 1.165) is 0 Å². The van der Waals surface area contributed by atoms with Crippen molar-refractivity contribution < 1.29 is 0 Å². The molecule has 0 spiro atoms. The Labute approximate surface area is 382 Å². The maximum Gasteiger partial charge on any atom is 0.0352 e. The van der Waals surface area contributed by atoms with E-state index >= 15 is 0 Å². The SMILES string of the molecule is c1ccc2c(c1)-c1ccccc1-c1ccc(-c3cc(-c4ccc5c6ccccc6c6ccccc6c5c4)cc(-c4ccc5c6ccccc6c6cnccc6c5c4)c3)cc1-c1ccccc1-2. The molecule has 0 amide bonds. The highest BCUT2D eigenvalue weighted by molar-refractivity contribution is 6.27. The molecule has 0 N–H and O–H groups in total. The van der Waals surface area contributed by atoms with E-state index in [0.29, 0.717) is 0 Å². The standard InChI is InChI=1S/C65H39N/c1-2-14-47-46(13-1)48-15-3-5-19-52(48)58-28-25-40(36-62(58)55-22-10-7-17-50(47)55)43-33-44(41-26-29-59-53-20-6-4-16-49(53)51-18-8-11-23-56(51)63(59)37-41)35-45(34-43)42-27-30-60-54-21-9-12-24-57(54)65-39-66-32-31-61(65)64(60)38-42/h1-39H. The lowest BCUT2D eigenvalue weighted by atomic mass is 9.80. The monoisotopic (exact) mass is 833 g/mol. The molecular weight excluding hydrogens is 795 g/mol. The molecule has 66 heavy (non-hydrogen) atoms. The van der Waals surface area contributed by atoms with Crippen molar-refractivity contribution in [2.75, 3.05) is 0 Å². The molecule has 14 rings (SSSR count). The Morgan fingerprint density at radius 2 is 0.485 bits per heavy atom. The molecule has 0 bridgehead atoms. The first-order valence-electron chi connectivity index (χ1n) is 22.8. The molecule has 0 unspecified atom stereocenters. The van der Waals surface area contributed by atoms with E-state index < -0.39 is 0 Å². The maximum atomic E-state index is 4.58. The van der Waals surface area contributed by atoms with Crippen LogP contribution in [0, 0.1) is 0 Å².